The highest BCUT2D eigenvalue weighted by atomic mass is 19.1. The maximum atomic E-state index is 13.8. The smallest absolute Gasteiger partial charge is 0.414 e. The molecule has 102 valence electrons. The average Bonchev–Trinajstić information content (AvgIpc) is 2.49. The van der Waals surface area contributed by atoms with E-state index in [1.807, 2.05) is 0 Å². The van der Waals surface area contributed by atoms with Gasteiger partial charge in [0.2, 0.25) is 0 Å². The molecule has 1 amide bonds. The third-order valence-electron chi connectivity index (χ3n) is 2.90. The van der Waals surface area contributed by atoms with Gasteiger partial charge in [-0.1, -0.05) is 6.07 Å². The van der Waals surface area contributed by atoms with E-state index < -0.39 is 11.9 Å². The van der Waals surface area contributed by atoms with Crippen LogP contribution in [0.25, 0.3) is 0 Å². The first kappa shape index (κ1) is 13.5. The Morgan fingerprint density at radius 2 is 2.16 bits per heavy atom. The van der Waals surface area contributed by atoms with Crippen LogP contribution in [0, 0.1) is 5.82 Å². The van der Waals surface area contributed by atoms with E-state index in [9.17, 15) is 14.0 Å². The largest absolute Gasteiger partial charge is 0.446 e. The minimum Gasteiger partial charge on any atom is -0.446 e. The van der Waals surface area contributed by atoms with Crippen LogP contribution in [0.5, 0.6) is 0 Å². The topological polar surface area (TPSA) is 46.6 Å². The molecule has 0 aromatic heterocycles. The molecule has 0 spiro atoms. The van der Waals surface area contributed by atoms with Gasteiger partial charge < -0.3 is 4.74 Å². The number of Topliss-reactive ketones (excluding diaryl/α,β-unsaturated/α-hetero) is 1. The SMILES string of the molecule is CC(C)OC(=O)N1CCCC(=O)c2c(F)cccc21. The van der Waals surface area contributed by atoms with Gasteiger partial charge in [0, 0.05) is 13.0 Å². The predicted molar refractivity (Wildman–Crippen MR) is 68.9 cm³/mol. The minimum atomic E-state index is -0.591. The lowest BCUT2D eigenvalue weighted by Gasteiger charge is -2.23. The lowest BCUT2D eigenvalue weighted by atomic mass is 10.1. The molecule has 0 fully saturated rings. The monoisotopic (exact) mass is 265 g/mol. The molecule has 0 bridgehead atoms. The molecule has 1 aliphatic rings. The summed E-state index contributed by atoms with van der Waals surface area (Å²) in [4.78, 5) is 25.2. The molecule has 19 heavy (non-hydrogen) atoms. The lowest BCUT2D eigenvalue weighted by Crippen LogP contribution is -2.34. The molecule has 0 radical (unpaired) electrons. The van der Waals surface area contributed by atoms with Crippen molar-refractivity contribution in [2.75, 3.05) is 11.4 Å². The standard InChI is InChI=1S/C14H16FNO3/c1-9(2)19-14(18)16-8-4-7-12(17)13-10(15)5-3-6-11(13)16/h3,5-6,9H,4,7-8H2,1-2H3. The molecule has 4 nitrogen and oxygen atoms in total. The molecule has 0 saturated heterocycles. The van der Waals surface area contributed by atoms with Gasteiger partial charge in [0.05, 0.1) is 17.4 Å². The number of hydrogen-bond donors (Lipinski definition) is 0. The van der Waals surface area contributed by atoms with E-state index in [0.29, 0.717) is 18.7 Å². The Balaban J connectivity index is 2.42. The number of hydrogen-bond acceptors (Lipinski definition) is 3. The van der Waals surface area contributed by atoms with E-state index in [1.54, 1.807) is 19.9 Å². The number of rotatable bonds is 1. The molecule has 0 N–H and O–H groups in total. The summed E-state index contributed by atoms with van der Waals surface area (Å²) in [6, 6.07) is 4.29. The first-order valence-corrected chi connectivity index (χ1v) is 6.30. The van der Waals surface area contributed by atoms with E-state index in [4.69, 9.17) is 4.74 Å². The van der Waals surface area contributed by atoms with Crippen LogP contribution < -0.4 is 4.90 Å². The van der Waals surface area contributed by atoms with Gasteiger partial charge in [-0.3, -0.25) is 9.69 Å². The van der Waals surface area contributed by atoms with Gasteiger partial charge in [0.15, 0.2) is 5.78 Å². The zero-order chi connectivity index (χ0) is 14.0. The Morgan fingerprint density at radius 1 is 1.42 bits per heavy atom. The van der Waals surface area contributed by atoms with Crippen molar-refractivity contribution in [3.8, 4) is 0 Å². The summed E-state index contributed by atoms with van der Waals surface area (Å²) in [5.74, 6) is -0.861. The highest BCUT2D eigenvalue weighted by Crippen LogP contribution is 2.29. The fourth-order valence-corrected chi connectivity index (χ4v) is 2.11. The molecule has 1 aromatic carbocycles. The van der Waals surface area contributed by atoms with E-state index >= 15 is 0 Å². The van der Waals surface area contributed by atoms with Crippen molar-refractivity contribution in [2.24, 2.45) is 0 Å². The number of benzene rings is 1. The van der Waals surface area contributed by atoms with Crippen LogP contribution in [-0.2, 0) is 4.74 Å². The summed E-state index contributed by atoms with van der Waals surface area (Å²) in [5, 5.41) is 0. The quantitative estimate of drug-likeness (QED) is 0.783. The Morgan fingerprint density at radius 3 is 2.84 bits per heavy atom. The van der Waals surface area contributed by atoms with Crippen molar-refractivity contribution >= 4 is 17.6 Å². The van der Waals surface area contributed by atoms with E-state index in [0.717, 1.165) is 0 Å². The van der Waals surface area contributed by atoms with Crippen molar-refractivity contribution in [2.45, 2.75) is 32.8 Å². The molecule has 0 saturated carbocycles. The van der Waals surface area contributed by atoms with Gasteiger partial charge in [-0.25, -0.2) is 9.18 Å². The molecular formula is C14H16FNO3. The molecule has 1 aliphatic heterocycles. The molecule has 0 atom stereocenters. The fourth-order valence-electron chi connectivity index (χ4n) is 2.11. The average molecular weight is 265 g/mol. The number of anilines is 1. The van der Waals surface area contributed by atoms with Crippen LogP contribution in [0.3, 0.4) is 0 Å². The van der Waals surface area contributed by atoms with Crippen molar-refractivity contribution in [3.05, 3.63) is 29.6 Å². The first-order chi connectivity index (χ1) is 9.00. The third-order valence-corrected chi connectivity index (χ3v) is 2.90. The number of amides is 1. The van der Waals surface area contributed by atoms with Crippen LogP contribution in [0.15, 0.2) is 18.2 Å². The number of ketones is 1. The zero-order valence-corrected chi connectivity index (χ0v) is 11.0. The highest BCUT2D eigenvalue weighted by molar-refractivity contribution is 6.05. The third kappa shape index (κ3) is 2.75. The van der Waals surface area contributed by atoms with Crippen LogP contribution in [0.4, 0.5) is 14.9 Å². The summed E-state index contributed by atoms with van der Waals surface area (Å²) in [5.41, 5.74) is 0.286. The summed E-state index contributed by atoms with van der Waals surface area (Å²) in [6.45, 7) is 3.84. The summed E-state index contributed by atoms with van der Waals surface area (Å²) in [6.07, 6.45) is -0.0699. The molecule has 0 unspecified atom stereocenters. The van der Waals surface area contributed by atoms with E-state index in [-0.39, 0.29) is 23.9 Å². The fraction of sp³-hybridized carbons (Fsp3) is 0.429. The van der Waals surface area contributed by atoms with Crippen molar-refractivity contribution < 1.29 is 18.7 Å². The Hall–Kier alpha value is -1.91. The van der Waals surface area contributed by atoms with Crippen LogP contribution in [0.1, 0.15) is 37.0 Å². The van der Waals surface area contributed by atoms with Gasteiger partial charge in [-0.15, -0.1) is 0 Å². The number of carbonyl (C=O) groups excluding carboxylic acids is 2. The van der Waals surface area contributed by atoms with Gasteiger partial charge in [0.1, 0.15) is 5.82 Å². The molecule has 0 aliphatic carbocycles. The second-order valence-electron chi connectivity index (χ2n) is 4.74. The van der Waals surface area contributed by atoms with Gasteiger partial charge in [-0.2, -0.15) is 0 Å². The van der Waals surface area contributed by atoms with E-state index in [1.165, 1.54) is 17.0 Å². The second-order valence-corrected chi connectivity index (χ2v) is 4.74. The van der Waals surface area contributed by atoms with Crippen LogP contribution in [-0.4, -0.2) is 24.5 Å². The number of ether oxygens (including phenoxy) is 1. The van der Waals surface area contributed by atoms with Gasteiger partial charge in [-0.05, 0) is 32.4 Å². The number of nitrogens with zero attached hydrogens (tertiary/aromatic N) is 1. The molecule has 1 heterocycles. The van der Waals surface area contributed by atoms with Crippen molar-refractivity contribution in [1.29, 1.82) is 0 Å². The number of halogens is 1. The Kier molecular flexibility index (Phi) is 3.83. The first-order valence-electron chi connectivity index (χ1n) is 6.30. The van der Waals surface area contributed by atoms with Crippen molar-refractivity contribution in [1.82, 2.24) is 0 Å². The summed E-state index contributed by atoms with van der Waals surface area (Å²) >= 11 is 0. The highest BCUT2D eigenvalue weighted by Gasteiger charge is 2.28. The summed E-state index contributed by atoms with van der Waals surface area (Å²) in [7, 11) is 0. The lowest BCUT2D eigenvalue weighted by molar-refractivity contribution is 0.0979. The zero-order valence-electron chi connectivity index (χ0n) is 11.0. The Labute approximate surface area is 111 Å². The molecule has 5 heteroatoms. The maximum absolute atomic E-state index is 13.8. The number of fused-ring (bicyclic) bond motifs is 1. The van der Waals surface area contributed by atoms with Crippen molar-refractivity contribution in [3.63, 3.8) is 0 Å². The normalized spacial score (nSPS) is 15.2. The van der Waals surface area contributed by atoms with E-state index in [2.05, 4.69) is 0 Å². The Bertz CT molecular complexity index is 513. The second kappa shape index (κ2) is 5.38. The van der Waals surface area contributed by atoms with Crippen LogP contribution in [0.2, 0.25) is 0 Å². The van der Waals surface area contributed by atoms with Crippen LogP contribution >= 0.6 is 0 Å². The molecular weight excluding hydrogens is 249 g/mol. The minimum absolute atomic E-state index is 0.0132. The maximum Gasteiger partial charge on any atom is 0.414 e. The predicted octanol–water partition coefficient (Wildman–Crippen LogP) is 3.15. The van der Waals surface area contributed by atoms with Gasteiger partial charge >= 0.3 is 6.09 Å². The summed E-state index contributed by atoms with van der Waals surface area (Å²) < 4.78 is 18.9. The molecule has 2 rings (SSSR count). The number of carbonyl (C=O) groups is 2. The van der Waals surface area contributed by atoms with Gasteiger partial charge in [0.25, 0.3) is 0 Å². The molecule has 1 aromatic rings.